The molecule has 0 aliphatic heterocycles. The summed E-state index contributed by atoms with van der Waals surface area (Å²) < 4.78 is 0. The van der Waals surface area contributed by atoms with Gasteiger partial charge in [-0.3, -0.25) is 4.79 Å². The Morgan fingerprint density at radius 2 is 2.10 bits per heavy atom. The molecule has 0 saturated carbocycles. The minimum atomic E-state index is -0.384. The topological polar surface area (TPSA) is 54.9 Å². The molecular weight excluding hydrogens is 329 g/mol. The molecule has 1 amide bonds. The summed E-state index contributed by atoms with van der Waals surface area (Å²) in [6, 6.07) is 5.31. The number of halogens is 2. The standard InChI is InChI=1S/C14H13Cl2N3OS/c1-3-21-14-17-7-10(16)12(19-14)13(20)18-11-6-4-5-9(15)8(11)2/h4-7H,3H2,1-2H3,(H,18,20). The summed E-state index contributed by atoms with van der Waals surface area (Å²) in [5.74, 6) is 0.432. The van der Waals surface area contributed by atoms with Gasteiger partial charge in [-0.25, -0.2) is 9.97 Å². The van der Waals surface area contributed by atoms with E-state index in [0.29, 0.717) is 15.9 Å². The van der Waals surface area contributed by atoms with Crippen molar-refractivity contribution in [1.82, 2.24) is 9.97 Å². The largest absolute Gasteiger partial charge is 0.320 e. The lowest BCUT2D eigenvalue weighted by atomic mass is 10.2. The molecule has 110 valence electrons. The molecule has 4 nitrogen and oxygen atoms in total. The molecule has 2 rings (SSSR count). The number of hydrogen-bond acceptors (Lipinski definition) is 4. The third-order valence-corrected chi connectivity index (χ3v) is 4.16. The third-order valence-electron chi connectivity index (χ3n) is 2.73. The van der Waals surface area contributed by atoms with Crippen LogP contribution in [0, 0.1) is 6.92 Å². The Kier molecular flexibility index (Phi) is 5.45. The van der Waals surface area contributed by atoms with E-state index in [1.165, 1.54) is 18.0 Å². The van der Waals surface area contributed by atoms with Gasteiger partial charge >= 0.3 is 0 Å². The fourth-order valence-corrected chi connectivity index (χ4v) is 2.53. The van der Waals surface area contributed by atoms with Gasteiger partial charge in [-0.1, -0.05) is 48.0 Å². The molecule has 1 heterocycles. The van der Waals surface area contributed by atoms with Crippen LogP contribution in [-0.4, -0.2) is 21.6 Å². The van der Waals surface area contributed by atoms with Gasteiger partial charge in [0, 0.05) is 10.7 Å². The molecule has 7 heteroatoms. The first kappa shape index (κ1) is 16.1. The summed E-state index contributed by atoms with van der Waals surface area (Å²) in [5, 5.41) is 4.10. The molecule has 0 atom stereocenters. The molecule has 0 aliphatic carbocycles. The maximum absolute atomic E-state index is 12.3. The second-order valence-electron chi connectivity index (χ2n) is 4.15. The summed E-state index contributed by atoms with van der Waals surface area (Å²) in [6.07, 6.45) is 1.44. The van der Waals surface area contributed by atoms with Crippen molar-refractivity contribution in [1.29, 1.82) is 0 Å². The van der Waals surface area contributed by atoms with Crippen LogP contribution in [0.3, 0.4) is 0 Å². The number of nitrogens with one attached hydrogen (secondary N) is 1. The molecule has 1 aromatic heterocycles. The summed E-state index contributed by atoms with van der Waals surface area (Å²) >= 11 is 13.5. The van der Waals surface area contributed by atoms with Crippen LogP contribution in [0.2, 0.25) is 10.0 Å². The SMILES string of the molecule is CCSc1ncc(Cl)c(C(=O)Nc2cccc(Cl)c2C)n1. The van der Waals surface area contributed by atoms with E-state index in [1.54, 1.807) is 18.2 Å². The molecule has 0 fully saturated rings. The van der Waals surface area contributed by atoms with Crippen molar-refractivity contribution in [2.75, 3.05) is 11.1 Å². The molecule has 0 radical (unpaired) electrons. The smallest absolute Gasteiger partial charge is 0.275 e. The van der Waals surface area contributed by atoms with Crippen molar-refractivity contribution in [2.45, 2.75) is 19.0 Å². The predicted molar refractivity (Wildman–Crippen MR) is 87.6 cm³/mol. The van der Waals surface area contributed by atoms with Crippen LogP contribution in [0.4, 0.5) is 5.69 Å². The van der Waals surface area contributed by atoms with Crippen molar-refractivity contribution >= 4 is 46.6 Å². The number of benzene rings is 1. The number of amides is 1. The van der Waals surface area contributed by atoms with E-state index < -0.39 is 0 Å². The maximum Gasteiger partial charge on any atom is 0.275 e. The van der Waals surface area contributed by atoms with Gasteiger partial charge in [0.1, 0.15) is 0 Å². The fraction of sp³-hybridized carbons (Fsp3) is 0.214. The fourth-order valence-electron chi connectivity index (χ4n) is 1.63. The summed E-state index contributed by atoms with van der Waals surface area (Å²) in [6.45, 7) is 3.82. The highest BCUT2D eigenvalue weighted by Gasteiger charge is 2.15. The summed E-state index contributed by atoms with van der Waals surface area (Å²) in [4.78, 5) is 20.6. The van der Waals surface area contributed by atoms with Crippen LogP contribution in [0.15, 0.2) is 29.6 Å². The molecule has 0 spiro atoms. The number of nitrogens with zero attached hydrogens (tertiary/aromatic N) is 2. The number of rotatable bonds is 4. The van der Waals surface area contributed by atoms with Gasteiger partial charge in [-0.15, -0.1) is 0 Å². The van der Waals surface area contributed by atoms with Crippen molar-refractivity contribution in [3.63, 3.8) is 0 Å². The normalized spacial score (nSPS) is 10.5. The zero-order chi connectivity index (χ0) is 15.4. The Labute approximate surface area is 137 Å². The van der Waals surface area contributed by atoms with E-state index in [1.807, 2.05) is 13.8 Å². The van der Waals surface area contributed by atoms with Crippen LogP contribution in [0.25, 0.3) is 0 Å². The molecule has 2 aromatic rings. The number of thioether (sulfide) groups is 1. The minimum absolute atomic E-state index is 0.155. The van der Waals surface area contributed by atoms with Gasteiger partial charge in [0.2, 0.25) is 0 Å². The van der Waals surface area contributed by atoms with E-state index in [9.17, 15) is 4.79 Å². The van der Waals surface area contributed by atoms with Crippen LogP contribution < -0.4 is 5.32 Å². The van der Waals surface area contributed by atoms with Gasteiger partial charge < -0.3 is 5.32 Å². The van der Waals surface area contributed by atoms with Crippen molar-refractivity contribution in [3.8, 4) is 0 Å². The van der Waals surface area contributed by atoms with E-state index in [2.05, 4.69) is 15.3 Å². The van der Waals surface area contributed by atoms with Gasteiger partial charge in [-0.05, 0) is 30.4 Å². The van der Waals surface area contributed by atoms with Gasteiger partial charge in [0.15, 0.2) is 10.9 Å². The van der Waals surface area contributed by atoms with E-state index >= 15 is 0 Å². The average molecular weight is 342 g/mol. The number of aromatic nitrogens is 2. The van der Waals surface area contributed by atoms with E-state index in [0.717, 1.165) is 11.3 Å². The van der Waals surface area contributed by atoms with Crippen molar-refractivity contribution < 1.29 is 4.79 Å². The zero-order valence-electron chi connectivity index (χ0n) is 11.5. The van der Waals surface area contributed by atoms with Gasteiger partial charge in [0.05, 0.1) is 11.2 Å². The molecule has 1 N–H and O–H groups in total. The predicted octanol–water partition coefficient (Wildman–Crippen LogP) is 4.46. The Balaban J connectivity index is 2.28. The highest BCUT2D eigenvalue weighted by Crippen LogP contribution is 2.24. The highest BCUT2D eigenvalue weighted by atomic mass is 35.5. The molecule has 0 unspecified atom stereocenters. The number of hydrogen-bond donors (Lipinski definition) is 1. The monoisotopic (exact) mass is 341 g/mol. The Morgan fingerprint density at radius 1 is 1.33 bits per heavy atom. The first-order valence-corrected chi connectivity index (χ1v) is 7.99. The van der Waals surface area contributed by atoms with Crippen LogP contribution in [0.5, 0.6) is 0 Å². The Morgan fingerprint density at radius 3 is 2.81 bits per heavy atom. The zero-order valence-corrected chi connectivity index (χ0v) is 13.8. The first-order valence-electron chi connectivity index (χ1n) is 6.24. The van der Waals surface area contributed by atoms with Gasteiger partial charge in [0.25, 0.3) is 5.91 Å². The van der Waals surface area contributed by atoms with E-state index in [-0.39, 0.29) is 16.6 Å². The molecule has 0 saturated heterocycles. The number of carbonyl (C=O) groups is 1. The summed E-state index contributed by atoms with van der Waals surface area (Å²) in [5.41, 5.74) is 1.58. The minimum Gasteiger partial charge on any atom is -0.320 e. The second-order valence-corrected chi connectivity index (χ2v) is 6.19. The van der Waals surface area contributed by atoms with E-state index in [4.69, 9.17) is 23.2 Å². The molecule has 0 aliphatic rings. The lowest BCUT2D eigenvalue weighted by Gasteiger charge is -2.10. The van der Waals surface area contributed by atoms with Crippen LogP contribution in [0.1, 0.15) is 23.0 Å². The van der Waals surface area contributed by atoms with Crippen LogP contribution >= 0.6 is 35.0 Å². The first-order chi connectivity index (χ1) is 10.0. The van der Waals surface area contributed by atoms with Gasteiger partial charge in [-0.2, -0.15) is 0 Å². The van der Waals surface area contributed by atoms with Crippen molar-refractivity contribution in [3.05, 3.63) is 45.7 Å². The quantitative estimate of drug-likeness (QED) is 0.659. The van der Waals surface area contributed by atoms with Crippen molar-refractivity contribution in [2.24, 2.45) is 0 Å². The Bertz CT molecular complexity index is 679. The molecular formula is C14H13Cl2N3OS. The third kappa shape index (κ3) is 3.87. The lowest BCUT2D eigenvalue weighted by Crippen LogP contribution is -2.16. The number of anilines is 1. The maximum atomic E-state index is 12.3. The molecule has 0 bridgehead atoms. The molecule has 1 aromatic carbocycles. The highest BCUT2D eigenvalue weighted by molar-refractivity contribution is 7.99. The lowest BCUT2D eigenvalue weighted by molar-refractivity contribution is 0.102. The summed E-state index contributed by atoms with van der Waals surface area (Å²) in [7, 11) is 0. The Hall–Kier alpha value is -1.30. The molecule has 21 heavy (non-hydrogen) atoms. The second kappa shape index (κ2) is 7.11. The number of carbonyl (C=O) groups excluding carboxylic acids is 1. The average Bonchev–Trinajstić information content (AvgIpc) is 2.46. The van der Waals surface area contributed by atoms with Crippen LogP contribution in [-0.2, 0) is 0 Å².